The summed E-state index contributed by atoms with van der Waals surface area (Å²) in [7, 11) is 2.19. The Morgan fingerprint density at radius 2 is 2.16 bits per heavy atom. The van der Waals surface area contributed by atoms with Gasteiger partial charge in [-0.25, -0.2) is 0 Å². The molecule has 0 spiro atoms. The topological polar surface area (TPSA) is 12.0 Å². The Morgan fingerprint density at radius 3 is 2.95 bits per heavy atom. The van der Waals surface area contributed by atoms with Crippen LogP contribution in [0.15, 0.2) is 11.4 Å². The number of aryl methyl sites for hydroxylation is 1. The summed E-state index contributed by atoms with van der Waals surface area (Å²) >= 11 is 1.98. The van der Waals surface area contributed by atoms with Crippen molar-refractivity contribution in [1.82, 2.24) is 5.32 Å². The molecule has 0 amide bonds. The number of fused-ring (bicyclic) bond motifs is 1. The van der Waals surface area contributed by atoms with E-state index < -0.39 is 0 Å². The zero-order valence-electron chi connectivity index (χ0n) is 12.3. The van der Waals surface area contributed by atoms with Crippen molar-refractivity contribution < 1.29 is 0 Å². The van der Waals surface area contributed by atoms with E-state index in [0.29, 0.717) is 6.04 Å². The summed E-state index contributed by atoms with van der Waals surface area (Å²) in [6.45, 7) is 2.44. The molecule has 2 heteroatoms. The van der Waals surface area contributed by atoms with Crippen LogP contribution in [-0.2, 0) is 6.42 Å². The second-order valence-corrected chi connectivity index (χ2v) is 7.64. The molecule has 0 bridgehead atoms. The van der Waals surface area contributed by atoms with Crippen LogP contribution >= 0.6 is 11.3 Å². The van der Waals surface area contributed by atoms with E-state index in [0.717, 1.165) is 17.8 Å². The fourth-order valence-electron chi connectivity index (χ4n) is 4.47. The molecule has 0 saturated heterocycles. The van der Waals surface area contributed by atoms with Gasteiger partial charge in [-0.1, -0.05) is 19.8 Å². The molecule has 1 saturated carbocycles. The molecule has 4 unspecified atom stereocenters. The van der Waals surface area contributed by atoms with Crippen LogP contribution in [0.3, 0.4) is 0 Å². The van der Waals surface area contributed by atoms with Gasteiger partial charge >= 0.3 is 0 Å². The molecule has 1 fully saturated rings. The summed E-state index contributed by atoms with van der Waals surface area (Å²) in [5.41, 5.74) is 1.67. The van der Waals surface area contributed by atoms with Gasteiger partial charge in [0.05, 0.1) is 0 Å². The first kappa shape index (κ1) is 13.6. The van der Waals surface area contributed by atoms with Crippen molar-refractivity contribution in [2.24, 2.45) is 11.8 Å². The molecular weight excluding hydrogens is 250 g/mol. The van der Waals surface area contributed by atoms with E-state index in [2.05, 4.69) is 30.7 Å². The van der Waals surface area contributed by atoms with Crippen LogP contribution in [0.4, 0.5) is 0 Å². The smallest absolute Gasteiger partial charge is 0.0161 e. The molecule has 0 radical (unpaired) electrons. The Morgan fingerprint density at radius 1 is 1.26 bits per heavy atom. The molecule has 19 heavy (non-hydrogen) atoms. The van der Waals surface area contributed by atoms with Gasteiger partial charge in [-0.3, -0.25) is 0 Å². The zero-order valence-corrected chi connectivity index (χ0v) is 13.1. The van der Waals surface area contributed by atoms with Gasteiger partial charge in [0.15, 0.2) is 0 Å². The molecule has 4 atom stereocenters. The summed E-state index contributed by atoms with van der Waals surface area (Å²) in [6, 6.07) is 3.11. The van der Waals surface area contributed by atoms with Crippen molar-refractivity contribution in [2.45, 2.75) is 63.8 Å². The number of nitrogens with one attached hydrogen (secondary N) is 1. The minimum Gasteiger partial charge on any atom is -0.316 e. The lowest BCUT2D eigenvalue weighted by Crippen LogP contribution is -2.41. The maximum Gasteiger partial charge on any atom is 0.0161 e. The van der Waals surface area contributed by atoms with E-state index in [1.165, 1.54) is 44.9 Å². The van der Waals surface area contributed by atoms with E-state index >= 15 is 0 Å². The fourth-order valence-corrected chi connectivity index (χ4v) is 5.46. The van der Waals surface area contributed by atoms with E-state index in [1.807, 2.05) is 11.3 Å². The molecule has 1 aromatic heterocycles. The largest absolute Gasteiger partial charge is 0.316 e. The number of likely N-dealkylation sites (N-methyl/N-ethyl adjacent to an activating group) is 1. The molecule has 1 aromatic rings. The average molecular weight is 277 g/mol. The van der Waals surface area contributed by atoms with Gasteiger partial charge in [-0.2, -0.15) is 0 Å². The van der Waals surface area contributed by atoms with Crippen molar-refractivity contribution in [1.29, 1.82) is 0 Å². The second-order valence-electron chi connectivity index (χ2n) is 6.64. The molecule has 106 valence electrons. The van der Waals surface area contributed by atoms with E-state index in [4.69, 9.17) is 0 Å². The Hall–Kier alpha value is -0.340. The lowest BCUT2D eigenvalue weighted by atomic mass is 9.71. The highest BCUT2D eigenvalue weighted by atomic mass is 32.1. The number of hydrogen-bond donors (Lipinski definition) is 1. The zero-order chi connectivity index (χ0) is 13.2. The van der Waals surface area contributed by atoms with Gasteiger partial charge in [0, 0.05) is 16.8 Å². The van der Waals surface area contributed by atoms with Crippen LogP contribution in [0.25, 0.3) is 0 Å². The predicted molar refractivity (Wildman–Crippen MR) is 84.0 cm³/mol. The van der Waals surface area contributed by atoms with Gasteiger partial charge < -0.3 is 5.32 Å². The van der Waals surface area contributed by atoms with Gasteiger partial charge in [0.2, 0.25) is 0 Å². The molecule has 2 aliphatic rings. The summed E-state index contributed by atoms with van der Waals surface area (Å²) in [5, 5.41) is 6.00. The van der Waals surface area contributed by atoms with Gasteiger partial charge in [-0.05, 0) is 68.0 Å². The van der Waals surface area contributed by atoms with Crippen molar-refractivity contribution in [3.63, 3.8) is 0 Å². The summed E-state index contributed by atoms with van der Waals surface area (Å²) in [4.78, 5) is 1.67. The van der Waals surface area contributed by atoms with Crippen molar-refractivity contribution in [3.8, 4) is 0 Å². The Balaban J connectivity index is 1.79. The van der Waals surface area contributed by atoms with Gasteiger partial charge in [0.25, 0.3) is 0 Å². The summed E-state index contributed by atoms with van der Waals surface area (Å²) in [5.74, 6) is 2.60. The fraction of sp³-hybridized carbons (Fsp3) is 0.765. The summed E-state index contributed by atoms with van der Waals surface area (Å²) < 4.78 is 0. The highest BCUT2D eigenvalue weighted by Gasteiger charge is 2.34. The molecule has 0 aliphatic heterocycles. The van der Waals surface area contributed by atoms with Crippen LogP contribution in [0.1, 0.15) is 61.8 Å². The van der Waals surface area contributed by atoms with Crippen molar-refractivity contribution >= 4 is 11.3 Å². The first-order chi connectivity index (χ1) is 9.29. The predicted octanol–water partition coefficient (Wildman–Crippen LogP) is 4.58. The quantitative estimate of drug-likeness (QED) is 0.852. The molecule has 1 heterocycles. The second kappa shape index (κ2) is 5.97. The maximum atomic E-state index is 3.70. The standard InChI is InChI=1S/C17H27NS/c1-12-5-3-6-13(11-12)17(18-2)15-7-4-8-16-14(15)9-10-19-16/h9-10,12-13,15,17-18H,3-8,11H2,1-2H3. The molecule has 2 aliphatic carbocycles. The van der Waals surface area contributed by atoms with Gasteiger partial charge in [0.1, 0.15) is 0 Å². The molecule has 1 nitrogen and oxygen atoms in total. The Bertz CT molecular complexity index is 411. The Labute approximate surface area is 121 Å². The molecular formula is C17H27NS. The first-order valence-corrected chi connectivity index (χ1v) is 8.91. The van der Waals surface area contributed by atoms with Crippen molar-refractivity contribution in [2.75, 3.05) is 7.05 Å². The monoisotopic (exact) mass is 277 g/mol. The van der Waals surface area contributed by atoms with Crippen LogP contribution in [0.5, 0.6) is 0 Å². The average Bonchev–Trinajstić information content (AvgIpc) is 2.89. The number of thiophene rings is 1. The first-order valence-electron chi connectivity index (χ1n) is 8.03. The van der Waals surface area contributed by atoms with Crippen LogP contribution < -0.4 is 5.32 Å². The van der Waals surface area contributed by atoms with Crippen LogP contribution in [0.2, 0.25) is 0 Å². The molecule has 1 N–H and O–H groups in total. The number of hydrogen-bond acceptors (Lipinski definition) is 2. The van der Waals surface area contributed by atoms with Crippen LogP contribution in [-0.4, -0.2) is 13.1 Å². The van der Waals surface area contributed by atoms with Gasteiger partial charge in [-0.15, -0.1) is 11.3 Å². The minimum absolute atomic E-state index is 0.705. The molecule has 0 aromatic carbocycles. The van der Waals surface area contributed by atoms with Crippen molar-refractivity contribution in [3.05, 3.63) is 21.9 Å². The van der Waals surface area contributed by atoms with Crippen LogP contribution in [0, 0.1) is 11.8 Å². The lowest BCUT2D eigenvalue weighted by Gasteiger charge is -2.39. The third kappa shape index (κ3) is 2.75. The van der Waals surface area contributed by atoms with E-state index in [1.54, 1.807) is 10.4 Å². The van der Waals surface area contributed by atoms with E-state index in [9.17, 15) is 0 Å². The van der Waals surface area contributed by atoms with E-state index in [-0.39, 0.29) is 0 Å². The maximum absolute atomic E-state index is 3.70. The Kier molecular flexibility index (Phi) is 4.28. The molecule has 3 rings (SSSR count). The third-order valence-electron chi connectivity index (χ3n) is 5.35. The normalized spacial score (nSPS) is 32.8. The third-order valence-corrected chi connectivity index (χ3v) is 6.35. The highest BCUT2D eigenvalue weighted by Crippen LogP contribution is 2.42. The highest BCUT2D eigenvalue weighted by molar-refractivity contribution is 7.10. The lowest BCUT2D eigenvalue weighted by molar-refractivity contribution is 0.201. The SMILES string of the molecule is CNC(C1CCCC(C)C1)C1CCCc2sccc21. The minimum atomic E-state index is 0.705. The number of rotatable bonds is 3. The summed E-state index contributed by atoms with van der Waals surface area (Å²) in [6.07, 6.45) is 9.85.